The topological polar surface area (TPSA) is 25.8 Å². The van der Waals surface area contributed by atoms with Crippen molar-refractivity contribution in [2.75, 3.05) is 0 Å². The first-order valence-corrected chi connectivity index (χ1v) is 7.33. The number of benzene rings is 1. The summed E-state index contributed by atoms with van der Waals surface area (Å²) in [5.74, 6) is 0.440. The minimum absolute atomic E-state index is 0.326. The zero-order chi connectivity index (χ0) is 12.6. The van der Waals surface area contributed by atoms with E-state index in [0.29, 0.717) is 24.7 Å². The SMILES string of the molecule is Clc1ccc(Br)c(-c2nc(Cl)c(I)c(Cl)n2)c1. The first kappa shape index (κ1) is 13.8. The van der Waals surface area contributed by atoms with Gasteiger partial charge in [0.2, 0.25) is 0 Å². The van der Waals surface area contributed by atoms with Crippen LogP contribution in [0.4, 0.5) is 0 Å². The molecule has 2 aromatic rings. The maximum Gasteiger partial charge on any atom is 0.163 e. The van der Waals surface area contributed by atoms with Gasteiger partial charge in [0.25, 0.3) is 0 Å². The van der Waals surface area contributed by atoms with Gasteiger partial charge in [-0.3, -0.25) is 0 Å². The molecule has 1 heterocycles. The lowest BCUT2D eigenvalue weighted by Crippen LogP contribution is -1.94. The van der Waals surface area contributed by atoms with Crippen LogP contribution in [0.3, 0.4) is 0 Å². The molecular weight excluding hydrogens is 461 g/mol. The Morgan fingerprint density at radius 2 is 1.65 bits per heavy atom. The molecule has 1 aromatic heterocycles. The van der Waals surface area contributed by atoms with Gasteiger partial charge in [0, 0.05) is 15.1 Å². The average molecular weight is 464 g/mol. The van der Waals surface area contributed by atoms with E-state index in [-0.39, 0.29) is 0 Å². The average Bonchev–Trinajstić information content (AvgIpc) is 2.28. The summed E-state index contributed by atoms with van der Waals surface area (Å²) < 4.78 is 1.46. The third-order valence-corrected chi connectivity index (χ3v) is 5.07. The summed E-state index contributed by atoms with van der Waals surface area (Å²) in [5, 5.41) is 1.25. The van der Waals surface area contributed by atoms with Crippen molar-refractivity contribution in [2.45, 2.75) is 0 Å². The predicted octanol–water partition coefficient (Wildman–Crippen LogP) is 5.47. The number of nitrogens with zero attached hydrogens (tertiary/aromatic N) is 2. The molecule has 0 saturated heterocycles. The second-order valence-electron chi connectivity index (χ2n) is 3.07. The van der Waals surface area contributed by atoms with Crippen LogP contribution in [0.1, 0.15) is 0 Å². The molecule has 0 saturated carbocycles. The van der Waals surface area contributed by atoms with E-state index >= 15 is 0 Å². The molecule has 0 atom stereocenters. The van der Waals surface area contributed by atoms with Crippen LogP contribution in [0.5, 0.6) is 0 Å². The van der Waals surface area contributed by atoms with E-state index in [9.17, 15) is 0 Å². The van der Waals surface area contributed by atoms with E-state index in [1.54, 1.807) is 12.1 Å². The van der Waals surface area contributed by atoms with Gasteiger partial charge in [-0.1, -0.05) is 50.7 Å². The quantitative estimate of drug-likeness (QED) is 0.413. The first-order chi connectivity index (χ1) is 7.99. The summed E-state index contributed by atoms with van der Waals surface area (Å²) in [7, 11) is 0. The Balaban J connectivity index is 2.64. The standard InChI is InChI=1S/C10H3BrCl3IN2/c11-6-2-1-4(12)3-5(6)10-16-8(13)7(15)9(14)17-10/h1-3H. The summed E-state index contributed by atoms with van der Waals surface area (Å²) in [6.07, 6.45) is 0. The third kappa shape index (κ3) is 3.04. The molecular formula is C10H3BrCl3IN2. The van der Waals surface area contributed by atoms with Crippen LogP contribution in [-0.4, -0.2) is 9.97 Å². The van der Waals surface area contributed by atoms with Crippen molar-refractivity contribution in [3.8, 4) is 11.4 Å². The number of aromatic nitrogens is 2. The van der Waals surface area contributed by atoms with Crippen LogP contribution in [0.25, 0.3) is 11.4 Å². The third-order valence-electron chi connectivity index (χ3n) is 1.94. The molecule has 17 heavy (non-hydrogen) atoms. The molecule has 1 aromatic carbocycles. The Labute approximate surface area is 135 Å². The fraction of sp³-hybridized carbons (Fsp3) is 0. The van der Waals surface area contributed by atoms with E-state index in [4.69, 9.17) is 34.8 Å². The molecule has 7 heteroatoms. The molecule has 2 rings (SSSR count). The second-order valence-corrected chi connectivity index (χ2v) is 6.15. The molecule has 0 unspecified atom stereocenters. The molecule has 2 nitrogen and oxygen atoms in total. The van der Waals surface area contributed by atoms with Crippen LogP contribution in [0, 0.1) is 3.57 Å². The van der Waals surface area contributed by atoms with Gasteiger partial charge in [-0.05, 0) is 40.8 Å². The van der Waals surface area contributed by atoms with Crippen LogP contribution >= 0.6 is 73.3 Å². The van der Waals surface area contributed by atoms with E-state index in [0.717, 1.165) is 10.0 Å². The number of rotatable bonds is 1. The van der Waals surface area contributed by atoms with Gasteiger partial charge in [-0.15, -0.1) is 0 Å². The van der Waals surface area contributed by atoms with Gasteiger partial charge < -0.3 is 0 Å². The molecule has 0 aliphatic rings. The Hall–Kier alpha value is 0.380. The normalized spacial score (nSPS) is 10.6. The predicted molar refractivity (Wildman–Crippen MR) is 82.9 cm³/mol. The Bertz CT molecular complexity index is 569. The molecule has 0 radical (unpaired) electrons. The van der Waals surface area contributed by atoms with E-state index in [1.807, 2.05) is 28.7 Å². The minimum Gasteiger partial charge on any atom is -0.215 e. The Morgan fingerprint density at radius 1 is 1.06 bits per heavy atom. The molecule has 0 aliphatic carbocycles. The highest BCUT2D eigenvalue weighted by molar-refractivity contribution is 14.1. The number of halogens is 5. The molecule has 0 aliphatic heterocycles. The second kappa shape index (κ2) is 5.57. The highest BCUT2D eigenvalue weighted by atomic mass is 127. The van der Waals surface area contributed by atoms with Crippen LogP contribution in [0.15, 0.2) is 22.7 Å². The van der Waals surface area contributed by atoms with E-state index in [2.05, 4.69) is 25.9 Å². The molecule has 0 spiro atoms. The summed E-state index contributed by atoms with van der Waals surface area (Å²) in [6.45, 7) is 0. The fourth-order valence-corrected chi connectivity index (χ4v) is 2.41. The monoisotopic (exact) mass is 462 g/mol. The maximum absolute atomic E-state index is 5.97. The molecule has 88 valence electrons. The van der Waals surface area contributed by atoms with Crippen molar-refractivity contribution in [2.24, 2.45) is 0 Å². The lowest BCUT2D eigenvalue weighted by Gasteiger charge is -2.06. The highest BCUT2D eigenvalue weighted by Crippen LogP contribution is 2.32. The van der Waals surface area contributed by atoms with Crippen molar-refractivity contribution in [1.29, 1.82) is 0 Å². The van der Waals surface area contributed by atoms with Gasteiger partial charge in [0.05, 0.1) is 3.57 Å². The largest absolute Gasteiger partial charge is 0.215 e. The lowest BCUT2D eigenvalue weighted by atomic mass is 10.2. The minimum atomic E-state index is 0.326. The van der Waals surface area contributed by atoms with Gasteiger partial charge in [-0.25, -0.2) is 9.97 Å². The van der Waals surface area contributed by atoms with Crippen LogP contribution < -0.4 is 0 Å². The van der Waals surface area contributed by atoms with Gasteiger partial charge in [0.15, 0.2) is 5.82 Å². The van der Waals surface area contributed by atoms with Crippen molar-refractivity contribution < 1.29 is 0 Å². The van der Waals surface area contributed by atoms with Gasteiger partial charge in [-0.2, -0.15) is 0 Å². The summed E-state index contributed by atoms with van der Waals surface area (Å²) in [6, 6.07) is 5.34. The van der Waals surface area contributed by atoms with Gasteiger partial charge >= 0.3 is 0 Å². The maximum atomic E-state index is 5.97. The molecule has 0 fully saturated rings. The number of hydrogen-bond acceptors (Lipinski definition) is 2. The van der Waals surface area contributed by atoms with Crippen molar-refractivity contribution in [1.82, 2.24) is 9.97 Å². The molecule has 0 N–H and O–H groups in total. The van der Waals surface area contributed by atoms with Crippen LogP contribution in [-0.2, 0) is 0 Å². The van der Waals surface area contributed by atoms with Crippen molar-refractivity contribution >= 4 is 73.3 Å². The highest BCUT2D eigenvalue weighted by Gasteiger charge is 2.13. The summed E-state index contributed by atoms with van der Waals surface area (Å²) >= 11 is 23.3. The summed E-state index contributed by atoms with van der Waals surface area (Å²) in [4.78, 5) is 8.36. The smallest absolute Gasteiger partial charge is 0.163 e. The van der Waals surface area contributed by atoms with Crippen LogP contribution in [0.2, 0.25) is 15.3 Å². The van der Waals surface area contributed by atoms with E-state index in [1.165, 1.54) is 0 Å². The Morgan fingerprint density at radius 3 is 2.24 bits per heavy atom. The first-order valence-electron chi connectivity index (χ1n) is 4.33. The zero-order valence-electron chi connectivity index (χ0n) is 8.02. The summed E-state index contributed by atoms with van der Waals surface area (Å²) in [5.41, 5.74) is 0.748. The van der Waals surface area contributed by atoms with Gasteiger partial charge in [0.1, 0.15) is 10.3 Å². The zero-order valence-corrected chi connectivity index (χ0v) is 14.0. The number of hydrogen-bond donors (Lipinski definition) is 0. The Kier molecular flexibility index (Phi) is 4.52. The van der Waals surface area contributed by atoms with Crippen molar-refractivity contribution in [3.63, 3.8) is 0 Å². The lowest BCUT2D eigenvalue weighted by molar-refractivity contribution is 1.16. The van der Waals surface area contributed by atoms with Crippen molar-refractivity contribution in [3.05, 3.63) is 41.6 Å². The molecule has 0 bridgehead atoms. The van der Waals surface area contributed by atoms with E-state index < -0.39 is 0 Å². The molecule has 0 amide bonds. The fourth-order valence-electron chi connectivity index (χ4n) is 1.18.